The maximum atomic E-state index is 11.7. The molecule has 1 amide bonds. The van der Waals surface area contributed by atoms with Crippen LogP contribution in [-0.4, -0.2) is 54.7 Å². The fraction of sp³-hybridized carbons (Fsp3) is 0.667. The highest BCUT2D eigenvalue weighted by molar-refractivity contribution is 7.91. The first-order valence-electron chi connectivity index (χ1n) is 6.73. The first-order chi connectivity index (χ1) is 9.55. The Labute approximate surface area is 118 Å². The molecule has 1 aromatic rings. The van der Waals surface area contributed by atoms with Gasteiger partial charge >= 0.3 is 0 Å². The number of rotatable bonds is 6. The summed E-state index contributed by atoms with van der Waals surface area (Å²) < 4.78 is 24.7. The summed E-state index contributed by atoms with van der Waals surface area (Å²) in [6, 6.07) is 1.59. The summed E-state index contributed by atoms with van der Waals surface area (Å²) in [4.78, 5) is 11.7. The zero-order valence-electron chi connectivity index (χ0n) is 11.3. The van der Waals surface area contributed by atoms with Gasteiger partial charge in [0, 0.05) is 44.5 Å². The highest BCUT2D eigenvalue weighted by Gasteiger charge is 2.25. The summed E-state index contributed by atoms with van der Waals surface area (Å²) in [5.74, 6) is 0.1000. The van der Waals surface area contributed by atoms with Gasteiger partial charge < -0.3 is 10.6 Å². The van der Waals surface area contributed by atoms with Crippen LogP contribution in [0.3, 0.4) is 0 Å². The SMILES string of the molecule is O=C(CC1CS(=O)(=O)CCN1)NCCCn1cccn1. The van der Waals surface area contributed by atoms with Crippen molar-refractivity contribution in [3.8, 4) is 0 Å². The number of sulfone groups is 1. The molecule has 8 heteroatoms. The van der Waals surface area contributed by atoms with Crippen LogP contribution >= 0.6 is 0 Å². The van der Waals surface area contributed by atoms with Gasteiger partial charge in [0.1, 0.15) is 0 Å². The number of hydrogen-bond acceptors (Lipinski definition) is 5. The Hall–Kier alpha value is -1.41. The molecule has 0 saturated carbocycles. The van der Waals surface area contributed by atoms with Gasteiger partial charge in [-0.1, -0.05) is 0 Å². The maximum absolute atomic E-state index is 11.7. The van der Waals surface area contributed by atoms with Crippen LogP contribution < -0.4 is 10.6 Å². The number of nitrogens with one attached hydrogen (secondary N) is 2. The largest absolute Gasteiger partial charge is 0.356 e. The molecule has 112 valence electrons. The molecule has 1 aliphatic rings. The van der Waals surface area contributed by atoms with Crippen molar-refractivity contribution in [1.29, 1.82) is 0 Å². The summed E-state index contributed by atoms with van der Waals surface area (Å²) in [5, 5.41) is 9.94. The maximum Gasteiger partial charge on any atom is 0.221 e. The molecular weight excluding hydrogens is 280 g/mol. The molecule has 1 unspecified atom stereocenters. The van der Waals surface area contributed by atoms with E-state index < -0.39 is 9.84 Å². The third kappa shape index (κ3) is 4.93. The fourth-order valence-electron chi connectivity index (χ4n) is 2.20. The van der Waals surface area contributed by atoms with Crippen LogP contribution in [0.4, 0.5) is 0 Å². The predicted molar refractivity (Wildman–Crippen MR) is 74.9 cm³/mol. The molecule has 7 nitrogen and oxygen atoms in total. The minimum atomic E-state index is -2.99. The molecule has 2 heterocycles. The van der Waals surface area contributed by atoms with E-state index in [0.29, 0.717) is 13.1 Å². The van der Waals surface area contributed by atoms with Crippen LogP contribution in [0.2, 0.25) is 0 Å². The van der Waals surface area contributed by atoms with Crippen molar-refractivity contribution in [2.24, 2.45) is 0 Å². The van der Waals surface area contributed by atoms with Crippen LogP contribution in [0.15, 0.2) is 18.5 Å². The Bertz CT molecular complexity index is 527. The Morgan fingerprint density at radius 2 is 2.35 bits per heavy atom. The number of hydrogen-bond donors (Lipinski definition) is 2. The molecule has 0 aliphatic carbocycles. The zero-order chi connectivity index (χ0) is 14.4. The average Bonchev–Trinajstić information content (AvgIpc) is 2.86. The predicted octanol–water partition coefficient (Wildman–Crippen LogP) is -0.834. The van der Waals surface area contributed by atoms with Crippen LogP contribution in [0.5, 0.6) is 0 Å². The molecule has 20 heavy (non-hydrogen) atoms. The molecule has 1 aliphatic heterocycles. The molecule has 0 aromatic carbocycles. The minimum absolute atomic E-state index is 0.0493. The van der Waals surface area contributed by atoms with Crippen molar-refractivity contribution < 1.29 is 13.2 Å². The lowest BCUT2D eigenvalue weighted by Gasteiger charge is -2.23. The Kier molecular flexibility index (Phi) is 5.13. The van der Waals surface area contributed by atoms with E-state index >= 15 is 0 Å². The zero-order valence-corrected chi connectivity index (χ0v) is 12.1. The molecule has 1 atom stereocenters. The van der Waals surface area contributed by atoms with Crippen molar-refractivity contribution in [2.75, 3.05) is 24.6 Å². The highest BCUT2D eigenvalue weighted by atomic mass is 32.2. The molecule has 0 spiro atoms. The van der Waals surface area contributed by atoms with Crippen LogP contribution in [0.1, 0.15) is 12.8 Å². The van der Waals surface area contributed by atoms with E-state index in [1.807, 2.05) is 12.3 Å². The topological polar surface area (TPSA) is 93.1 Å². The second-order valence-corrected chi connectivity index (χ2v) is 7.17. The number of carbonyl (C=O) groups excluding carboxylic acids is 1. The van der Waals surface area contributed by atoms with Gasteiger partial charge in [0.25, 0.3) is 0 Å². The normalized spacial score (nSPS) is 21.5. The smallest absolute Gasteiger partial charge is 0.221 e. The molecule has 0 radical (unpaired) electrons. The lowest BCUT2D eigenvalue weighted by atomic mass is 10.2. The third-order valence-electron chi connectivity index (χ3n) is 3.18. The van der Waals surface area contributed by atoms with Gasteiger partial charge in [-0.25, -0.2) is 8.42 Å². The number of nitrogens with zero attached hydrogens (tertiary/aromatic N) is 2. The summed E-state index contributed by atoms with van der Waals surface area (Å²) >= 11 is 0. The van der Waals surface area contributed by atoms with Gasteiger partial charge in [0.15, 0.2) is 9.84 Å². The van der Waals surface area contributed by atoms with Crippen LogP contribution in [0.25, 0.3) is 0 Å². The quantitative estimate of drug-likeness (QED) is 0.669. The molecule has 2 N–H and O–H groups in total. The fourth-order valence-corrected chi connectivity index (χ4v) is 3.64. The summed E-state index contributed by atoms with van der Waals surface area (Å²) in [7, 11) is -2.99. The molecule has 1 saturated heterocycles. The summed E-state index contributed by atoms with van der Waals surface area (Å²) in [6.45, 7) is 1.75. The first kappa shape index (κ1) is 15.0. The Morgan fingerprint density at radius 1 is 1.50 bits per heavy atom. The number of aromatic nitrogens is 2. The van der Waals surface area contributed by atoms with Crippen molar-refractivity contribution in [1.82, 2.24) is 20.4 Å². The van der Waals surface area contributed by atoms with E-state index in [1.54, 1.807) is 10.9 Å². The van der Waals surface area contributed by atoms with Gasteiger partial charge in [-0.3, -0.25) is 9.48 Å². The van der Waals surface area contributed by atoms with Gasteiger partial charge in [-0.15, -0.1) is 0 Å². The summed E-state index contributed by atoms with van der Waals surface area (Å²) in [5.41, 5.74) is 0. The van der Waals surface area contributed by atoms with Crippen LogP contribution in [-0.2, 0) is 21.2 Å². The molecule has 1 aromatic heterocycles. The van der Waals surface area contributed by atoms with E-state index in [9.17, 15) is 13.2 Å². The molecule has 2 rings (SSSR count). The van der Waals surface area contributed by atoms with Gasteiger partial charge in [-0.2, -0.15) is 5.10 Å². The van der Waals surface area contributed by atoms with Crippen LogP contribution in [0, 0.1) is 0 Å². The van der Waals surface area contributed by atoms with E-state index in [2.05, 4.69) is 15.7 Å². The molecule has 0 bridgehead atoms. The van der Waals surface area contributed by atoms with E-state index in [1.165, 1.54) is 0 Å². The second-order valence-electron chi connectivity index (χ2n) is 4.94. The monoisotopic (exact) mass is 300 g/mol. The van der Waals surface area contributed by atoms with Crippen molar-refractivity contribution in [3.63, 3.8) is 0 Å². The third-order valence-corrected chi connectivity index (χ3v) is 4.91. The van der Waals surface area contributed by atoms with E-state index in [4.69, 9.17) is 0 Å². The van der Waals surface area contributed by atoms with Crippen molar-refractivity contribution in [3.05, 3.63) is 18.5 Å². The Morgan fingerprint density at radius 3 is 3.05 bits per heavy atom. The van der Waals surface area contributed by atoms with Crippen molar-refractivity contribution >= 4 is 15.7 Å². The Balaban J connectivity index is 1.63. The number of aryl methyl sites for hydroxylation is 1. The highest BCUT2D eigenvalue weighted by Crippen LogP contribution is 2.04. The van der Waals surface area contributed by atoms with Gasteiger partial charge in [-0.05, 0) is 12.5 Å². The minimum Gasteiger partial charge on any atom is -0.356 e. The van der Waals surface area contributed by atoms with E-state index in [-0.39, 0.29) is 29.9 Å². The number of carbonyl (C=O) groups is 1. The summed E-state index contributed by atoms with van der Waals surface area (Å²) in [6.07, 6.45) is 4.59. The average molecular weight is 300 g/mol. The van der Waals surface area contributed by atoms with Gasteiger partial charge in [0.2, 0.25) is 5.91 Å². The standard InChI is InChI=1S/C12H20N4O3S/c17-12(9-11-10-20(18,19)8-5-13-11)14-3-1-6-16-7-2-4-15-16/h2,4,7,11,13H,1,3,5-6,8-10H2,(H,14,17). The van der Waals surface area contributed by atoms with Gasteiger partial charge in [0.05, 0.1) is 11.5 Å². The molecule has 1 fully saturated rings. The first-order valence-corrected chi connectivity index (χ1v) is 8.55. The molecular formula is C12H20N4O3S. The van der Waals surface area contributed by atoms with E-state index in [0.717, 1.165) is 13.0 Å². The second kappa shape index (κ2) is 6.85. The lowest BCUT2D eigenvalue weighted by molar-refractivity contribution is -0.121. The van der Waals surface area contributed by atoms with Crippen molar-refractivity contribution in [2.45, 2.75) is 25.4 Å². The number of amides is 1. The lowest BCUT2D eigenvalue weighted by Crippen LogP contribution is -2.47.